The fourth-order valence-corrected chi connectivity index (χ4v) is 2.59. The molecule has 0 radical (unpaired) electrons. The number of benzene rings is 1. The van der Waals surface area contributed by atoms with Crippen LogP contribution in [-0.4, -0.2) is 42.5 Å². The molecule has 0 bridgehead atoms. The number of nitrogens with zero attached hydrogens (tertiary/aromatic N) is 2. The second kappa shape index (κ2) is 6.63. The van der Waals surface area contributed by atoms with Gasteiger partial charge in [-0.1, -0.05) is 18.2 Å². The van der Waals surface area contributed by atoms with Crippen molar-refractivity contribution in [1.29, 1.82) is 0 Å². The second-order valence-corrected chi connectivity index (χ2v) is 5.19. The van der Waals surface area contributed by atoms with Crippen LogP contribution in [0.5, 0.6) is 0 Å². The quantitative estimate of drug-likeness (QED) is 0.628. The highest BCUT2D eigenvalue weighted by Crippen LogP contribution is 2.18. The van der Waals surface area contributed by atoms with E-state index < -0.39 is 0 Å². The molecule has 1 aromatic carbocycles. The van der Waals surface area contributed by atoms with Gasteiger partial charge >= 0.3 is 0 Å². The zero-order valence-corrected chi connectivity index (χ0v) is 11.3. The monoisotopic (exact) mass is 263 g/mol. The van der Waals surface area contributed by atoms with E-state index >= 15 is 0 Å². The highest BCUT2D eigenvalue weighted by Gasteiger charge is 2.17. The predicted molar refractivity (Wildman–Crippen MR) is 75.3 cm³/mol. The zero-order chi connectivity index (χ0) is 13.7. The van der Waals surface area contributed by atoms with Gasteiger partial charge in [0.05, 0.1) is 4.92 Å². The number of hydrogen-bond acceptors (Lipinski definition) is 4. The van der Waals surface area contributed by atoms with Gasteiger partial charge in [-0.05, 0) is 32.9 Å². The van der Waals surface area contributed by atoms with Gasteiger partial charge in [0.2, 0.25) is 0 Å². The Bertz CT molecular complexity index is 430. The number of rotatable bonds is 6. The van der Waals surface area contributed by atoms with E-state index in [1.165, 1.54) is 12.8 Å². The van der Waals surface area contributed by atoms with Gasteiger partial charge in [-0.25, -0.2) is 0 Å². The Balaban J connectivity index is 1.85. The lowest BCUT2D eigenvalue weighted by Crippen LogP contribution is -2.36. The number of para-hydroxylation sites is 1. The molecule has 1 atom stereocenters. The predicted octanol–water partition coefficient (Wildman–Crippen LogP) is 1.82. The summed E-state index contributed by atoms with van der Waals surface area (Å²) >= 11 is 0. The number of nitrogens with one attached hydrogen (secondary N) is 1. The van der Waals surface area contributed by atoms with Gasteiger partial charge in [0.25, 0.3) is 5.69 Å². The van der Waals surface area contributed by atoms with Crippen LogP contribution in [0.1, 0.15) is 18.4 Å². The molecular weight excluding hydrogens is 242 g/mol. The Labute approximate surface area is 113 Å². The summed E-state index contributed by atoms with van der Waals surface area (Å²) in [5.41, 5.74) is 1.05. The van der Waals surface area contributed by atoms with Crippen LogP contribution in [0.2, 0.25) is 0 Å². The first-order chi connectivity index (χ1) is 9.16. The average molecular weight is 263 g/mol. The summed E-state index contributed by atoms with van der Waals surface area (Å²) in [6.45, 7) is 2.98. The average Bonchev–Trinajstić information content (AvgIpc) is 2.89. The third-order valence-corrected chi connectivity index (χ3v) is 3.65. The van der Waals surface area contributed by atoms with Gasteiger partial charge in [0.1, 0.15) is 0 Å². The van der Waals surface area contributed by atoms with Crippen molar-refractivity contribution in [3.8, 4) is 0 Å². The molecule has 0 saturated carbocycles. The normalized spacial score (nSPS) is 18.9. The van der Waals surface area contributed by atoms with Gasteiger partial charge in [-0.2, -0.15) is 0 Å². The van der Waals surface area contributed by atoms with Gasteiger partial charge in [0, 0.05) is 30.8 Å². The van der Waals surface area contributed by atoms with E-state index in [0.29, 0.717) is 6.04 Å². The summed E-state index contributed by atoms with van der Waals surface area (Å²) in [7, 11) is 2.08. The van der Waals surface area contributed by atoms with E-state index in [0.717, 1.165) is 31.6 Å². The molecule has 1 fully saturated rings. The number of nitro groups is 1. The molecule has 5 nitrogen and oxygen atoms in total. The van der Waals surface area contributed by atoms with Crippen LogP contribution in [0.4, 0.5) is 5.69 Å². The van der Waals surface area contributed by atoms with E-state index in [9.17, 15) is 10.1 Å². The van der Waals surface area contributed by atoms with E-state index in [4.69, 9.17) is 0 Å². The molecule has 2 rings (SSSR count). The molecule has 0 aliphatic carbocycles. The fourth-order valence-electron chi connectivity index (χ4n) is 2.59. The number of nitro benzene ring substituents is 1. The summed E-state index contributed by atoms with van der Waals surface area (Å²) in [5.74, 6) is 0. The Morgan fingerprint density at radius 1 is 1.47 bits per heavy atom. The maximum absolute atomic E-state index is 10.9. The maximum Gasteiger partial charge on any atom is 0.272 e. The molecule has 1 aliphatic rings. The Morgan fingerprint density at radius 3 is 2.95 bits per heavy atom. The van der Waals surface area contributed by atoms with Crippen LogP contribution in [0.3, 0.4) is 0 Å². The molecule has 1 aromatic rings. The van der Waals surface area contributed by atoms with Crippen molar-refractivity contribution >= 4 is 5.69 Å². The van der Waals surface area contributed by atoms with Crippen LogP contribution in [0, 0.1) is 10.1 Å². The van der Waals surface area contributed by atoms with E-state index in [2.05, 4.69) is 17.3 Å². The van der Waals surface area contributed by atoms with E-state index in [1.54, 1.807) is 12.1 Å². The van der Waals surface area contributed by atoms with Gasteiger partial charge in [0.15, 0.2) is 0 Å². The van der Waals surface area contributed by atoms with Crippen molar-refractivity contribution in [2.45, 2.75) is 25.3 Å². The molecule has 104 valence electrons. The van der Waals surface area contributed by atoms with Crippen LogP contribution in [0.15, 0.2) is 24.3 Å². The molecule has 1 heterocycles. The van der Waals surface area contributed by atoms with Crippen molar-refractivity contribution in [2.75, 3.05) is 26.7 Å². The molecule has 0 amide bonds. The zero-order valence-electron chi connectivity index (χ0n) is 11.3. The highest BCUT2D eigenvalue weighted by molar-refractivity contribution is 5.39. The summed E-state index contributed by atoms with van der Waals surface area (Å²) in [4.78, 5) is 12.9. The standard InChI is InChI=1S/C14H21N3O2/c1-16(11-13-6-4-9-15-13)10-8-12-5-2-3-7-14(12)17(18)19/h2-3,5,7,13,15H,4,6,8-11H2,1H3. The van der Waals surface area contributed by atoms with Gasteiger partial charge in [-0.3, -0.25) is 10.1 Å². The third kappa shape index (κ3) is 4.01. The Hall–Kier alpha value is -1.46. The molecule has 1 N–H and O–H groups in total. The lowest BCUT2D eigenvalue weighted by Gasteiger charge is -2.20. The van der Waals surface area contributed by atoms with Crippen molar-refractivity contribution < 1.29 is 4.92 Å². The lowest BCUT2D eigenvalue weighted by molar-refractivity contribution is -0.385. The topological polar surface area (TPSA) is 58.4 Å². The summed E-state index contributed by atoms with van der Waals surface area (Å²) in [5, 5.41) is 14.4. The molecule has 0 spiro atoms. The first-order valence-corrected chi connectivity index (χ1v) is 6.81. The summed E-state index contributed by atoms with van der Waals surface area (Å²) in [6, 6.07) is 7.58. The van der Waals surface area contributed by atoms with E-state index in [-0.39, 0.29) is 10.6 Å². The fraction of sp³-hybridized carbons (Fsp3) is 0.571. The van der Waals surface area contributed by atoms with E-state index in [1.807, 2.05) is 12.1 Å². The summed E-state index contributed by atoms with van der Waals surface area (Å²) in [6.07, 6.45) is 3.21. The summed E-state index contributed by atoms with van der Waals surface area (Å²) < 4.78 is 0. The SMILES string of the molecule is CN(CCc1ccccc1[N+](=O)[O-])CC1CCCN1. The van der Waals surface area contributed by atoms with Crippen molar-refractivity contribution in [1.82, 2.24) is 10.2 Å². The minimum Gasteiger partial charge on any atom is -0.313 e. The maximum atomic E-state index is 10.9. The molecule has 5 heteroatoms. The van der Waals surface area contributed by atoms with Crippen molar-refractivity contribution in [3.05, 3.63) is 39.9 Å². The second-order valence-electron chi connectivity index (χ2n) is 5.19. The van der Waals surface area contributed by atoms with Gasteiger partial charge < -0.3 is 10.2 Å². The lowest BCUT2D eigenvalue weighted by atomic mass is 10.1. The first kappa shape index (κ1) is 14.0. The Kier molecular flexibility index (Phi) is 4.87. The van der Waals surface area contributed by atoms with Crippen molar-refractivity contribution in [2.24, 2.45) is 0 Å². The first-order valence-electron chi connectivity index (χ1n) is 6.81. The highest BCUT2D eigenvalue weighted by atomic mass is 16.6. The Morgan fingerprint density at radius 2 is 2.26 bits per heavy atom. The van der Waals surface area contributed by atoms with Crippen LogP contribution in [0.25, 0.3) is 0 Å². The third-order valence-electron chi connectivity index (χ3n) is 3.65. The van der Waals surface area contributed by atoms with Crippen molar-refractivity contribution in [3.63, 3.8) is 0 Å². The minimum atomic E-state index is -0.298. The van der Waals surface area contributed by atoms with Gasteiger partial charge in [-0.15, -0.1) is 0 Å². The largest absolute Gasteiger partial charge is 0.313 e. The van der Waals surface area contributed by atoms with Crippen LogP contribution >= 0.6 is 0 Å². The molecule has 0 aromatic heterocycles. The minimum absolute atomic E-state index is 0.231. The molecule has 1 unspecified atom stereocenters. The molecule has 1 saturated heterocycles. The van der Waals surface area contributed by atoms with Crippen LogP contribution in [-0.2, 0) is 6.42 Å². The molecular formula is C14H21N3O2. The smallest absolute Gasteiger partial charge is 0.272 e. The molecule has 19 heavy (non-hydrogen) atoms. The molecule has 1 aliphatic heterocycles. The number of hydrogen-bond donors (Lipinski definition) is 1. The number of likely N-dealkylation sites (N-methyl/N-ethyl adjacent to an activating group) is 1. The van der Waals surface area contributed by atoms with Crippen LogP contribution < -0.4 is 5.32 Å².